The molecular formula is C28H31ClN6O3S. The van der Waals surface area contributed by atoms with Crippen molar-refractivity contribution in [2.24, 2.45) is 7.05 Å². The maximum absolute atomic E-state index is 12.4. The Hall–Kier alpha value is -3.60. The molecular weight excluding hydrogens is 536 g/mol. The molecule has 0 aliphatic rings. The van der Waals surface area contributed by atoms with Gasteiger partial charge in [0.1, 0.15) is 10.7 Å². The lowest BCUT2D eigenvalue weighted by Crippen LogP contribution is -2.10. The van der Waals surface area contributed by atoms with E-state index in [-0.39, 0.29) is 12.4 Å². The monoisotopic (exact) mass is 566 g/mol. The molecule has 3 heterocycles. The first-order valence-corrected chi connectivity index (χ1v) is 13.6. The molecule has 0 fully saturated rings. The van der Waals surface area contributed by atoms with E-state index in [2.05, 4.69) is 15.1 Å². The molecule has 0 aliphatic carbocycles. The second-order valence-electron chi connectivity index (χ2n) is 10.0. The van der Waals surface area contributed by atoms with Crippen LogP contribution >= 0.6 is 22.9 Å². The van der Waals surface area contributed by atoms with Crippen LogP contribution in [0.1, 0.15) is 38.8 Å². The number of hydrogen-bond donors (Lipinski definition) is 2. The Labute approximate surface area is 235 Å². The minimum Gasteiger partial charge on any atom is -0.466 e. The first-order chi connectivity index (χ1) is 18.4. The lowest BCUT2D eigenvalue weighted by Gasteiger charge is -2.14. The van der Waals surface area contributed by atoms with Crippen molar-refractivity contribution in [2.75, 3.05) is 12.3 Å². The second-order valence-corrected chi connectivity index (χ2v) is 11.4. The maximum atomic E-state index is 12.4. The molecule has 0 saturated heterocycles. The number of aromatic nitrogens is 5. The third-order valence-electron chi connectivity index (χ3n) is 5.55. The van der Waals surface area contributed by atoms with Crippen molar-refractivity contribution in [1.82, 2.24) is 24.7 Å². The predicted molar refractivity (Wildman–Crippen MR) is 157 cm³/mol. The van der Waals surface area contributed by atoms with Gasteiger partial charge < -0.3 is 15.6 Å². The van der Waals surface area contributed by atoms with Crippen LogP contribution < -0.4 is 5.73 Å². The Morgan fingerprint density at radius 3 is 2.51 bits per heavy atom. The van der Waals surface area contributed by atoms with E-state index < -0.39 is 5.60 Å². The summed E-state index contributed by atoms with van der Waals surface area (Å²) in [4.78, 5) is 26.4. The second kappa shape index (κ2) is 11.3. The summed E-state index contributed by atoms with van der Waals surface area (Å²) in [5.41, 5.74) is 11.8. The van der Waals surface area contributed by atoms with Crippen molar-refractivity contribution < 1.29 is 14.6 Å². The Morgan fingerprint density at radius 1 is 1.21 bits per heavy atom. The van der Waals surface area contributed by atoms with Gasteiger partial charge in [-0.2, -0.15) is 5.10 Å². The number of rotatable bonds is 5. The van der Waals surface area contributed by atoms with Gasteiger partial charge in [0.15, 0.2) is 17.0 Å². The number of benzene rings is 2. The fourth-order valence-corrected chi connectivity index (χ4v) is 5.22. The molecule has 0 radical (unpaired) electrons. The number of carbonyl (C=O) groups is 1. The fourth-order valence-electron chi connectivity index (χ4n) is 4.00. The van der Waals surface area contributed by atoms with Gasteiger partial charge >= 0.3 is 5.97 Å². The van der Waals surface area contributed by atoms with Crippen LogP contribution in [0.5, 0.6) is 0 Å². The summed E-state index contributed by atoms with van der Waals surface area (Å²) in [7, 11) is 1.77. The van der Waals surface area contributed by atoms with Crippen LogP contribution in [-0.2, 0) is 23.0 Å². The van der Waals surface area contributed by atoms with Gasteiger partial charge in [-0.1, -0.05) is 23.7 Å². The average Bonchev–Trinajstić information content (AvgIpc) is 3.39. The molecule has 0 aliphatic heterocycles. The van der Waals surface area contributed by atoms with E-state index in [9.17, 15) is 4.79 Å². The van der Waals surface area contributed by atoms with Gasteiger partial charge in [-0.3, -0.25) is 4.79 Å². The van der Waals surface area contributed by atoms with Crippen LogP contribution in [0.4, 0.5) is 5.82 Å². The molecule has 2 aromatic carbocycles. The van der Waals surface area contributed by atoms with Crippen molar-refractivity contribution in [1.29, 1.82) is 0 Å². The normalized spacial score (nSPS) is 11.5. The molecule has 204 valence electrons. The molecule has 39 heavy (non-hydrogen) atoms. The fraction of sp³-hybridized carbons (Fsp3) is 0.321. The van der Waals surface area contributed by atoms with Crippen molar-refractivity contribution >= 4 is 56.1 Å². The molecule has 0 unspecified atom stereocenters. The van der Waals surface area contributed by atoms with E-state index in [0.717, 1.165) is 32.5 Å². The number of esters is 1. The van der Waals surface area contributed by atoms with E-state index in [1.54, 1.807) is 45.6 Å². The van der Waals surface area contributed by atoms with Crippen molar-refractivity contribution in [3.63, 3.8) is 0 Å². The van der Waals surface area contributed by atoms with Crippen LogP contribution in [-0.4, -0.2) is 48.0 Å². The highest BCUT2D eigenvalue weighted by Crippen LogP contribution is 2.41. The van der Waals surface area contributed by atoms with Crippen molar-refractivity contribution in [3.05, 3.63) is 52.7 Å². The van der Waals surface area contributed by atoms with Gasteiger partial charge in [-0.25, -0.2) is 19.6 Å². The number of nitrogens with two attached hydrogens (primary N) is 1. The SMILES string of the molecule is CC(C)(C)O.CCOC(=O)Cc1c(C)cc2nc(-c3cnc4c(n3)c(N)nn4C)sc2c1-c1ccc(Cl)cc1. The molecule has 0 spiro atoms. The summed E-state index contributed by atoms with van der Waals surface area (Å²) in [5, 5.41) is 14.1. The van der Waals surface area contributed by atoms with E-state index in [4.69, 9.17) is 32.2 Å². The topological polar surface area (TPSA) is 129 Å². The molecule has 0 amide bonds. The van der Waals surface area contributed by atoms with Crippen LogP contribution in [0.2, 0.25) is 5.02 Å². The quantitative estimate of drug-likeness (QED) is 0.258. The summed E-state index contributed by atoms with van der Waals surface area (Å²) in [6, 6.07) is 9.57. The minimum atomic E-state index is -0.500. The highest BCUT2D eigenvalue weighted by Gasteiger charge is 2.21. The Balaban J connectivity index is 0.000000648. The van der Waals surface area contributed by atoms with Crippen LogP contribution in [0.3, 0.4) is 0 Å². The number of ether oxygens (including phenoxy) is 1. The minimum absolute atomic E-state index is 0.165. The zero-order valence-electron chi connectivity index (χ0n) is 22.7. The number of anilines is 1. The molecule has 0 atom stereocenters. The third-order valence-corrected chi connectivity index (χ3v) is 6.91. The number of halogens is 1. The Bertz CT molecular complexity index is 1650. The van der Waals surface area contributed by atoms with E-state index in [0.29, 0.717) is 39.3 Å². The molecule has 0 bridgehead atoms. The van der Waals surface area contributed by atoms with Crippen LogP contribution in [0.25, 0.3) is 43.2 Å². The standard InChI is InChI=1S/C24H21ClN6O2S.C4H10O/c1-4-33-18(32)10-15-12(2)9-16-21(19(15)13-5-7-14(25)8-6-13)34-24(29-16)17-11-27-23-20(28-17)22(26)30-31(23)3;1-4(2,3)5/h5-9,11H,4,10H2,1-3H3,(H2,26,30);5H,1-3H3. The van der Waals surface area contributed by atoms with Gasteiger partial charge in [-0.05, 0) is 69.5 Å². The highest BCUT2D eigenvalue weighted by atomic mass is 35.5. The summed E-state index contributed by atoms with van der Waals surface area (Å²) in [6.07, 6.45) is 1.84. The van der Waals surface area contributed by atoms with E-state index in [1.165, 1.54) is 11.3 Å². The average molecular weight is 567 g/mol. The summed E-state index contributed by atoms with van der Waals surface area (Å²) >= 11 is 7.64. The van der Waals surface area contributed by atoms with E-state index >= 15 is 0 Å². The van der Waals surface area contributed by atoms with Crippen molar-refractivity contribution in [2.45, 2.75) is 46.6 Å². The number of aryl methyl sites for hydroxylation is 2. The number of thiazole rings is 1. The van der Waals surface area contributed by atoms with Crippen molar-refractivity contribution in [3.8, 4) is 21.8 Å². The summed E-state index contributed by atoms with van der Waals surface area (Å²) in [5.74, 6) is 0.0515. The highest BCUT2D eigenvalue weighted by molar-refractivity contribution is 7.22. The van der Waals surface area contributed by atoms with Crippen LogP contribution in [0, 0.1) is 6.92 Å². The summed E-state index contributed by atoms with van der Waals surface area (Å²) < 4.78 is 7.79. The lowest BCUT2D eigenvalue weighted by molar-refractivity contribution is -0.142. The molecule has 3 N–H and O–H groups in total. The Morgan fingerprint density at radius 2 is 1.87 bits per heavy atom. The lowest BCUT2D eigenvalue weighted by atomic mass is 9.93. The number of nitrogens with zero attached hydrogens (tertiary/aromatic N) is 5. The number of fused-ring (bicyclic) bond motifs is 2. The largest absolute Gasteiger partial charge is 0.466 e. The summed E-state index contributed by atoms with van der Waals surface area (Å²) in [6.45, 7) is 9.35. The van der Waals surface area contributed by atoms with Gasteiger partial charge in [0.2, 0.25) is 0 Å². The smallest absolute Gasteiger partial charge is 0.310 e. The number of carbonyl (C=O) groups excluding carboxylic acids is 1. The Kier molecular flexibility index (Phi) is 8.20. The first-order valence-electron chi connectivity index (χ1n) is 12.4. The van der Waals surface area contributed by atoms with Gasteiger partial charge in [0.05, 0.1) is 35.0 Å². The third kappa shape index (κ3) is 6.52. The van der Waals surface area contributed by atoms with Gasteiger partial charge in [0, 0.05) is 17.6 Å². The first kappa shape index (κ1) is 28.4. The number of hydrogen-bond acceptors (Lipinski definition) is 9. The number of nitrogen functional groups attached to an aromatic ring is 1. The molecule has 5 rings (SSSR count). The zero-order valence-corrected chi connectivity index (χ0v) is 24.3. The molecule has 11 heteroatoms. The molecule has 5 aromatic rings. The number of aliphatic hydroxyl groups is 1. The van der Waals surface area contributed by atoms with Crippen LogP contribution in [0.15, 0.2) is 36.5 Å². The maximum Gasteiger partial charge on any atom is 0.310 e. The predicted octanol–water partition coefficient (Wildman–Crippen LogP) is 5.73. The molecule has 9 nitrogen and oxygen atoms in total. The zero-order chi connectivity index (χ0) is 28.5. The molecule has 0 saturated carbocycles. The molecule has 3 aromatic heterocycles. The van der Waals surface area contributed by atoms with Gasteiger partial charge in [0.25, 0.3) is 0 Å². The van der Waals surface area contributed by atoms with E-state index in [1.807, 2.05) is 37.3 Å². The van der Waals surface area contributed by atoms with Gasteiger partial charge in [-0.15, -0.1) is 11.3 Å².